The molecule has 0 aromatic carbocycles. The Morgan fingerprint density at radius 3 is 2.94 bits per heavy atom. The van der Waals surface area contributed by atoms with E-state index in [4.69, 9.17) is 14.7 Å². The second-order valence-corrected chi connectivity index (χ2v) is 3.78. The van der Waals surface area contributed by atoms with Crippen LogP contribution in [0.4, 0.5) is 0 Å². The third-order valence-electron chi connectivity index (χ3n) is 2.55. The summed E-state index contributed by atoms with van der Waals surface area (Å²) in [6.45, 7) is 0.336. The number of rotatable bonds is 3. The third kappa shape index (κ3) is 1.70. The van der Waals surface area contributed by atoms with Crippen molar-refractivity contribution in [3.05, 3.63) is 30.4 Å². The Balaban J connectivity index is 1.96. The molecule has 0 saturated carbocycles. The molecule has 0 spiro atoms. The first-order valence-corrected chi connectivity index (χ1v) is 5.37. The molecule has 0 atom stereocenters. The van der Waals surface area contributed by atoms with Crippen LogP contribution in [0.1, 0.15) is 5.76 Å². The SMILES string of the molecule is Cn1cncc1-c1noc(-c2ccc(CN)o2)n1. The van der Waals surface area contributed by atoms with E-state index < -0.39 is 0 Å². The van der Waals surface area contributed by atoms with E-state index in [0.717, 1.165) is 5.69 Å². The Morgan fingerprint density at radius 2 is 2.28 bits per heavy atom. The summed E-state index contributed by atoms with van der Waals surface area (Å²) >= 11 is 0. The Labute approximate surface area is 102 Å². The van der Waals surface area contributed by atoms with E-state index >= 15 is 0 Å². The van der Waals surface area contributed by atoms with Crippen molar-refractivity contribution in [1.29, 1.82) is 0 Å². The van der Waals surface area contributed by atoms with Crippen LogP contribution < -0.4 is 5.73 Å². The molecule has 3 aromatic rings. The predicted octanol–water partition coefficient (Wildman–Crippen LogP) is 1.19. The molecule has 0 aliphatic carbocycles. The van der Waals surface area contributed by atoms with Gasteiger partial charge in [0.05, 0.1) is 19.1 Å². The molecule has 2 N–H and O–H groups in total. The molecule has 92 valence electrons. The number of aryl methyl sites for hydroxylation is 1. The number of nitrogens with two attached hydrogens (primary N) is 1. The maximum atomic E-state index is 5.47. The number of imidazole rings is 1. The van der Waals surface area contributed by atoms with Crippen molar-refractivity contribution in [1.82, 2.24) is 19.7 Å². The minimum absolute atomic E-state index is 0.325. The summed E-state index contributed by atoms with van der Waals surface area (Å²) in [5, 5.41) is 3.89. The molecule has 0 aliphatic heterocycles. The fraction of sp³-hybridized carbons (Fsp3) is 0.182. The Kier molecular flexibility index (Phi) is 2.45. The summed E-state index contributed by atoms with van der Waals surface area (Å²) in [4.78, 5) is 8.26. The molecule has 18 heavy (non-hydrogen) atoms. The topological polar surface area (TPSA) is 95.9 Å². The van der Waals surface area contributed by atoms with Gasteiger partial charge in [-0.15, -0.1) is 0 Å². The first kappa shape index (κ1) is 10.7. The molecule has 0 amide bonds. The van der Waals surface area contributed by atoms with E-state index in [2.05, 4.69) is 15.1 Å². The summed E-state index contributed by atoms with van der Waals surface area (Å²) in [6.07, 6.45) is 3.34. The lowest BCUT2D eigenvalue weighted by molar-refractivity contribution is 0.411. The quantitative estimate of drug-likeness (QED) is 0.744. The number of nitrogens with zero attached hydrogens (tertiary/aromatic N) is 4. The molecular formula is C11H11N5O2. The van der Waals surface area contributed by atoms with Gasteiger partial charge in [0.15, 0.2) is 5.76 Å². The van der Waals surface area contributed by atoms with E-state index in [9.17, 15) is 0 Å². The second-order valence-electron chi connectivity index (χ2n) is 3.78. The van der Waals surface area contributed by atoms with Crippen LogP contribution in [-0.4, -0.2) is 19.7 Å². The lowest BCUT2D eigenvalue weighted by Crippen LogP contribution is -1.92. The molecule has 7 heteroatoms. The highest BCUT2D eigenvalue weighted by Crippen LogP contribution is 2.23. The van der Waals surface area contributed by atoms with Crippen molar-refractivity contribution >= 4 is 0 Å². The Morgan fingerprint density at radius 1 is 1.39 bits per heavy atom. The van der Waals surface area contributed by atoms with Crippen LogP contribution in [0.5, 0.6) is 0 Å². The minimum atomic E-state index is 0.325. The van der Waals surface area contributed by atoms with Gasteiger partial charge in [0.2, 0.25) is 5.82 Å². The molecular weight excluding hydrogens is 234 g/mol. The molecule has 0 radical (unpaired) electrons. The van der Waals surface area contributed by atoms with Gasteiger partial charge < -0.3 is 19.2 Å². The maximum absolute atomic E-state index is 5.47. The maximum Gasteiger partial charge on any atom is 0.293 e. The van der Waals surface area contributed by atoms with E-state index in [-0.39, 0.29) is 0 Å². The van der Waals surface area contributed by atoms with Gasteiger partial charge in [-0.1, -0.05) is 5.16 Å². The van der Waals surface area contributed by atoms with Crippen LogP contribution in [0.15, 0.2) is 33.6 Å². The average Bonchev–Trinajstić information content (AvgIpc) is 3.07. The molecule has 7 nitrogen and oxygen atoms in total. The van der Waals surface area contributed by atoms with E-state index in [0.29, 0.717) is 29.8 Å². The summed E-state index contributed by atoms with van der Waals surface area (Å²) in [6, 6.07) is 3.53. The van der Waals surface area contributed by atoms with Gasteiger partial charge in [-0.25, -0.2) is 4.98 Å². The zero-order valence-corrected chi connectivity index (χ0v) is 9.70. The molecule has 0 unspecified atom stereocenters. The summed E-state index contributed by atoms with van der Waals surface area (Å²) in [5.41, 5.74) is 6.25. The fourth-order valence-electron chi connectivity index (χ4n) is 1.60. The molecule has 0 fully saturated rings. The summed E-state index contributed by atoms with van der Waals surface area (Å²) < 4.78 is 12.4. The van der Waals surface area contributed by atoms with Crippen molar-refractivity contribution in [3.8, 4) is 23.2 Å². The smallest absolute Gasteiger partial charge is 0.293 e. The van der Waals surface area contributed by atoms with E-state index in [1.54, 1.807) is 24.7 Å². The van der Waals surface area contributed by atoms with Gasteiger partial charge in [0, 0.05) is 7.05 Å². The molecule has 3 rings (SSSR count). The summed E-state index contributed by atoms with van der Waals surface area (Å²) in [7, 11) is 1.86. The molecule has 0 saturated heterocycles. The molecule has 0 bridgehead atoms. The Hall–Kier alpha value is -2.41. The third-order valence-corrected chi connectivity index (χ3v) is 2.55. The average molecular weight is 245 g/mol. The first-order chi connectivity index (χ1) is 8.78. The van der Waals surface area contributed by atoms with E-state index in [1.807, 2.05) is 11.6 Å². The molecule has 3 heterocycles. The van der Waals surface area contributed by atoms with Crippen LogP contribution in [0, 0.1) is 0 Å². The fourth-order valence-corrected chi connectivity index (χ4v) is 1.60. The van der Waals surface area contributed by atoms with Crippen molar-refractivity contribution in [2.75, 3.05) is 0 Å². The largest absolute Gasteiger partial charge is 0.455 e. The Bertz CT molecular complexity index is 666. The van der Waals surface area contributed by atoms with Crippen molar-refractivity contribution in [2.45, 2.75) is 6.54 Å². The molecule has 0 aliphatic rings. The van der Waals surface area contributed by atoms with Gasteiger partial charge in [-0.05, 0) is 12.1 Å². The van der Waals surface area contributed by atoms with Crippen LogP contribution >= 0.6 is 0 Å². The highest BCUT2D eigenvalue weighted by molar-refractivity contribution is 5.53. The van der Waals surface area contributed by atoms with Crippen molar-refractivity contribution in [2.24, 2.45) is 12.8 Å². The van der Waals surface area contributed by atoms with Crippen molar-refractivity contribution < 1.29 is 8.94 Å². The van der Waals surface area contributed by atoms with Crippen molar-refractivity contribution in [3.63, 3.8) is 0 Å². The zero-order valence-electron chi connectivity index (χ0n) is 9.70. The molecule has 3 aromatic heterocycles. The van der Waals surface area contributed by atoms with Crippen LogP contribution in [-0.2, 0) is 13.6 Å². The second kappa shape index (κ2) is 4.11. The highest BCUT2D eigenvalue weighted by atomic mass is 16.5. The number of aromatic nitrogens is 4. The summed E-state index contributed by atoms with van der Waals surface area (Å²) in [5.74, 6) is 1.98. The lowest BCUT2D eigenvalue weighted by atomic mass is 10.4. The normalized spacial score (nSPS) is 11.0. The van der Waals surface area contributed by atoms with Gasteiger partial charge >= 0.3 is 0 Å². The minimum Gasteiger partial charge on any atom is -0.455 e. The van der Waals surface area contributed by atoms with Gasteiger partial charge in [-0.2, -0.15) is 4.98 Å². The standard InChI is InChI=1S/C11H11N5O2/c1-16-6-13-5-8(16)10-14-11(18-15-10)9-3-2-7(4-12)17-9/h2-3,5-6H,4,12H2,1H3. The van der Waals surface area contributed by atoms with Gasteiger partial charge in [0.1, 0.15) is 11.5 Å². The van der Waals surface area contributed by atoms with Crippen LogP contribution in [0.2, 0.25) is 0 Å². The number of furan rings is 1. The number of hydrogen-bond donors (Lipinski definition) is 1. The highest BCUT2D eigenvalue weighted by Gasteiger charge is 2.15. The van der Waals surface area contributed by atoms with Crippen LogP contribution in [0.3, 0.4) is 0 Å². The zero-order chi connectivity index (χ0) is 12.5. The predicted molar refractivity (Wildman–Crippen MR) is 62.1 cm³/mol. The van der Waals surface area contributed by atoms with Gasteiger partial charge in [0.25, 0.3) is 5.89 Å². The monoisotopic (exact) mass is 245 g/mol. The van der Waals surface area contributed by atoms with E-state index in [1.165, 1.54) is 0 Å². The lowest BCUT2D eigenvalue weighted by Gasteiger charge is -1.92. The first-order valence-electron chi connectivity index (χ1n) is 5.37. The van der Waals surface area contributed by atoms with Gasteiger partial charge in [-0.3, -0.25) is 0 Å². The number of hydrogen-bond acceptors (Lipinski definition) is 6. The van der Waals surface area contributed by atoms with Crippen LogP contribution in [0.25, 0.3) is 23.2 Å².